The highest BCUT2D eigenvalue weighted by Gasteiger charge is 2.77. The van der Waals surface area contributed by atoms with Crippen molar-refractivity contribution in [3.8, 4) is 0 Å². The van der Waals surface area contributed by atoms with Gasteiger partial charge < -0.3 is 86.4 Å². The number of carbonyl (C=O) groups excluding carboxylic acids is 1. The van der Waals surface area contributed by atoms with Crippen molar-refractivity contribution in [2.75, 3.05) is 0 Å². The molecule has 0 radical (unpaired) electrons. The molecule has 20 nitrogen and oxygen atoms in total. The van der Waals surface area contributed by atoms with Crippen molar-refractivity contribution in [3.05, 3.63) is 24.3 Å². The molecular formula is C60H84O20. The van der Waals surface area contributed by atoms with Crippen LogP contribution in [0, 0.1) is 23.7 Å². The maximum absolute atomic E-state index is 14.6. The summed E-state index contributed by atoms with van der Waals surface area (Å²) in [6, 6.07) is 0. The molecule has 16 aliphatic rings. The maximum atomic E-state index is 14.6. The molecule has 0 aromatic rings. The smallest absolute Gasteiger partial charge is 0.308 e. The van der Waals surface area contributed by atoms with Gasteiger partial charge in [-0.2, -0.15) is 0 Å². The molecule has 0 amide bonds. The number of aliphatic carboxylic acids is 1. The van der Waals surface area contributed by atoms with Crippen LogP contribution in [0.1, 0.15) is 144 Å². The monoisotopic (exact) mass is 1120 g/mol. The highest BCUT2D eigenvalue weighted by Crippen LogP contribution is 2.60. The molecule has 0 saturated carbocycles. The van der Waals surface area contributed by atoms with E-state index in [1.54, 1.807) is 0 Å². The number of aliphatic hydroxyl groups is 2. The van der Waals surface area contributed by atoms with Crippen LogP contribution in [0.3, 0.4) is 0 Å². The van der Waals surface area contributed by atoms with Crippen molar-refractivity contribution in [3.63, 3.8) is 0 Å². The number of aliphatic hydroxyl groups excluding tert-OH is 2. The zero-order valence-electron chi connectivity index (χ0n) is 46.9. The Balaban J connectivity index is 0.666. The summed E-state index contributed by atoms with van der Waals surface area (Å²) in [5.74, 6) is -4.67. The minimum Gasteiger partial charge on any atom is -0.481 e. The van der Waals surface area contributed by atoms with Crippen LogP contribution in [0.2, 0.25) is 0 Å². The van der Waals surface area contributed by atoms with Gasteiger partial charge in [-0.05, 0) is 80.8 Å². The number of carboxylic acid groups (broad SMARTS) is 1. The molecule has 16 saturated heterocycles. The fraction of sp³-hybridized carbons (Fsp3) is 0.900. The van der Waals surface area contributed by atoms with Gasteiger partial charge in [-0.1, -0.05) is 40.9 Å². The lowest BCUT2D eigenvalue weighted by molar-refractivity contribution is -0.371. The molecule has 0 aromatic heterocycles. The van der Waals surface area contributed by atoms with Gasteiger partial charge in [-0.3, -0.25) is 9.59 Å². The van der Waals surface area contributed by atoms with Crippen LogP contribution < -0.4 is 0 Å². The minimum absolute atomic E-state index is 0.000632. The van der Waals surface area contributed by atoms with Crippen molar-refractivity contribution in [2.24, 2.45) is 23.7 Å². The molecule has 16 aliphatic heterocycles. The normalized spacial score (nSPS) is 58.7. The number of esters is 1. The van der Waals surface area contributed by atoms with Gasteiger partial charge in [0.15, 0.2) is 17.4 Å². The SMILES string of the molecule is C=C1C[C@@H]2CC[C@]34OC5[C@@H]6O[C@H]7CC[C@H](CC(=O)O[C@@H]8[C@@H](C)[C@@H]9O[C@@H]%10C[C@]%11(C[C@@H]%12O[C@]%13(C[C@H](C)[C@@H]%14O[C@H](CC(=O)O)[C@H](O)C[C@@H]%14O%13)C[C@H](C)[C@@H]%12O%11)O[C@@H]%10C[C@@H]9O[C@H]8C[C@H]8O[C@@H](CC[C@@H]1O2)C[C@@H](C)C8=C)O[C@@H]7[C@H](O3)[C@@H]6O[C@]5(C)[C@H]4O. The molecule has 3 spiro atoms. The van der Waals surface area contributed by atoms with Crippen molar-refractivity contribution >= 4 is 11.9 Å². The standard InChI is InChI=1S/C60H84O20/c1-25-14-31-8-10-35-26(2)15-33(66-35)12-13-60-56(65)57(7)55(80-60)54-53(77-57)52(79-60)51-36(70-54)11-9-32(68-51)16-46(64)73-50-30(6)49-41(69-40(50)18-37(67-31)29(25)5)19-39-43(72-49)23-59(74-39)24-44-48(78-59)28(4)22-58(76-44)21-27(3)47-42(75-58)17-34(61)38(71-47)20-45(62)63/h25,27-28,30-44,47-56,61,65H,2,5,8-24H2,1,3-4,6-7H3,(H,62,63)/t25-,27+,28+,30+,31+,32-,33+,34-,35+,36+,37-,38-,39-,40+,41+,42+,43-,44+,47+,48+,49+,50-,51+,52+,53+,54-,55?,56-,57+,58-,59+,60-/m1/s1. The third-order valence-corrected chi connectivity index (χ3v) is 22.2. The highest BCUT2D eigenvalue weighted by molar-refractivity contribution is 5.70. The van der Waals surface area contributed by atoms with Crippen molar-refractivity contribution < 1.29 is 96.0 Å². The predicted molar refractivity (Wildman–Crippen MR) is 274 cm³/mol. The molecule has 80 heavy (non-hydrogen) atoms. The molecule has 16 heterocycles. The van der Waals surface area contributed by atoms with Gasteiger partial charge in [-0.25, -0.2) is 0 Å². The Kier molecular flexibility index (Phi) is 13.4. The van der Waals surface area contributed by atoms with E-state index in [0.29, 0.717) is 70.6 Å². The third kappa shape index (κ3) is 8.85. The van der Waals surface area contributed by atoms with E-state index in [0.717, 1.165) is 30.4 Å². The van der Waals surface area contributed by atoms with Gasteiger partial charge in [0, 0.05) is 57.3 Å². The number of hydrogen-bond donors (Lipinski definition) is 3. The lowest BCUT2D eigenvalue weighted by atomic mass is 9.78. The van der Waals surface area contributed by atoms with E-state index in [-0.39, 0.29) is 110 Å². The van der Waals surface area contributed by atoms with E-state index < -0.39 is 114 Å². The summed E-state index contributed by atoms with van der Waals surface area (Å²) in [5.41, 5.74) is 1.02. The Labute approximate surface area is 467 Å². The molecule has 16 rings (SSSR count). The van der Waals surface area contributed by atoms with Crippen LogP contribution in [-0.2, 0) is 80.6 Å². The van der Waals surface area contributed by atoms with E-state index in [2.05, 4.69) is 40.9 Å². The van der Waals surface area contributed by atoms with E-state index >= 15 is 0 Å². The van der Waals surface area contributed by atoms with Crippen LogP contribution in [-0.4, -0.2) is 197 Å². The first-order chi connectivity index (χ1) is 38.2. The molecule has 3 N–H and O–H groups in total. The first-order valence-corrected chi connectivity index (χ1v) is 30.7. The summed E-state index contributed by atoms with van der Waals surface area (Å²) in [6.45, 7) is 19.5. The van der Waals surface area contributed by atoms with Crippen molar-refractivity contribution in [2.45, 2.75) is 313 Å². The molecule has 1 unspecified atom stereocenters. The van der Waals surface area contributed by atoms with Gasteiger partial charge in [0.25, 0.3) is 0 Å². The van der Waals surface area contributed by atoms with Gasteiger partial charge in [0.05, 0.1) is 117 Å². The molecule has 20 heteroatoms. The Bertz CT molecular complexity index is 2460. The Morgan fingerprint density at radius 2 is 1.26 bits per heavy atom. The van der Waals surface area contributed by atoms with Crippen LogP contribution in [0.25, 0.3) is 0 Å². The minimum atomic E-state index is -1.36. The van der Waals surface area contributed by atoms with E-state index in [1.807, 2.05) is 6.92 Å². The molecule has 12 bridgehead atoms. The lowest BCUT2D eigenvalue weighted by Crippen LogP contribution is -2.63. The summed E-state index contributed by atoms with van der Waals surface area (Å²) in [5, 5.41) is 32.5. The first-order valence-electron chi connectivity index (χ1n) is 30.7. The highest BCUT2D eigenvalue weighted by atomic mass is 16.8. The van der Waals surface area contributed by atoms with Crippen molar-refractivity contribution in [1.82, 2.24) is 0 Å². The van der Waals surface area contributed by atoms with Gasteiger partial charge in [-0.15, -0.1) is 0 Å². The van der Waals surface area contributed by atoms with Crippen LogP contribution in [0.15, 0.2) is 24.3 Å². The number of rotatable bonds is 2. The number of carbonyl (C=O) groups is 2. The topological polar surface area (TPSA) is 233 Å². The number of ether oxygens (including phenoxy) is 15. The molecule has 0 aromatic carbocycles. The maximum Gasteiger partial charge on any atom is 0.308 e. The molecule has 32 atom stereocenters. The predicted octanol–water partition coefficient (Wildman–Crippen LogP) is 5.02. The lowest BCUT2D eigenvalue weighted by Gasteiger charge is -2.54. The Morgan fingerprint density at radius 3 is 2.09 bits per heavy atom. The molecular weight excluding hydrogens is 1040 g/mol. The average Bonchev–Trinajstić information content (AvgIpc) is 4.26. The van der Waals surface area contributed by atoms with E-state index in [4.69, 9.17) is 71.1 Å². The first kappa shape index (κ1) is 54.4. The van der Waals surface area contributed by atoms with E-state index in [1.165, 1.54) is 0 Å². The summed E-state index contributed by atoms with van der Waals surface area (Å²) in [7, 11) is 0. The number of hydrogen-bond acceptors (Lipinski definition) is 19. The zero-order valence-corrected chi connectivity index (χ0v) is 46.9. The fourth-order valence-corrected chi connectivity index (χ4v) is 18.4. The Hall–Kier alpha value is -2.22. The average molecular weight is 1130 g/mol. The second kappa shape index (κ2) is 19.7. The number of carboxylic acids is 1. The fourth-order valence-electron chi connectivity index (χ4n) is 18.4. The second-order valence-corrected chi connectivity index (χ2v) is 27.7. The molecule has 0 aliphatic carbocycles. The van der Waals surface area contributed by atoms with Gasteiger partial charge in [0.1, 0.15) is 48.3 Å². The van der Waals surface area contributed by atoms with E-state index in [9.17, 15) is 24.9 Å². The van der Waals surface area contributed by atoms with Crippen LogP contribution >= 0.6 is 0 Å². The second-order valence-electron chi connectivity index (χ2n) is 27.7. The largest absolute Gasteiger partial charge is 0.481 e. The third-order valence-electron chi connectivity index (χ3n) is 22.2. The van der Waals surface area contributed by atoms with Gasteiger partial charge >= 0.3 is 11.9 Å². The molecule has 16 fully saturated rings. The van der Waals surface area contributed by atoms with Crippen molar-refractivity contribution in [1.29, 1.82) is 0 Å². The summed E-state index contributed by atoms with van der Waals surface area (Å²) < 4.78 is 103. The quantitative estimate of drug-likeness (QED) is 0.243. The molecule has 444 valence electrons. The van der Waals surface area contributed by atoms with Gasteiger partial charge in [0.2, 0.25) is 0 Å². The summed E-state index contributed by atoms with van der Waals surface area (Å²) in [6.07, 6.45) is -2.56. The van der Waals surface area contributed by atoms with Crippen LogP contribution in [0.5, 0.6) is 0 Å². The summed E-state index contributed by atoms with van der Waals surface area (Å²) >= 11 is 0. The van der Waals surface area contributed by atoms with Crippen LogP contribution in [0.4, 0.5) is 0 Å². The number of fused-ring (bicyclic) bond motifs is 10. The Morgan fingerprint density at radius 1 is 0.562 bits per heavy atom. The summed E-state index contributed by atoms with van der Waals surface area (Å²) in [4.78, 5) is 26.2. The zero-order chi connectivity index (χ0) is 55.1.